The van der Waals surface area contributed by atoms with E-state index in [9.17, 15) is 9.90 Å². The van der Waals surface area contributed by atoms with Gasteiger partial charge in [-0.1, -0.05) is 42.3 Å². The molecule has 1 fully saturated rings. The Labute approximate surface area is 233 Å². The number of nitrogen functional groups attached to an aromatic ring is 1. The molecule has 0 bridgehead atoms. The van der Waals surface area contributed by atoms with Crippen molar-refractivity contribution in [2.75, 3.05) is 46.1 Å². The summed E-state index contributed by atoms with van der Waals surface area (Å²) in [5, 5.41) is 10.5. The SMILES string of the molecule is CN(C)C/C=C/C(=O)N1CC(C#Cc2c(-c3ccc(Oc4ccccc4)cc3)c3c(N)ncnc3n2CCO)C1. The summed E-state index contributed by atoms with van der Waals surface area (Å²) in [5.41, 5.74) is 9.35. The number of aromatic nitrogens is 3. The summed E-state index contributed by atoms with van der Waals surface area (Å²) in [7, 11) is 3.92. The average molecular weight is 537 g/mol. The van der Waals surface area contributed by atoms with E-state index in [-0.39, 0.29) is 18.4 Å². The third kappa shape index (κ3) is 5.83. The van der Waals surface area contributed by atoms with Crippen LogP contribution < -0.4 is 10.5 Å². The zero-order chi connectivity index (χ0) is 28.1. The maximum atomic E-state index is 12.4. The van der Waals surface area contributed by atoms with Crippen LogP contribution in [-0.2, 0) is 11.3 Å². The van der Waals surface area contributed by atoms with Gasteiger partial charge < -0.3 is 29.9 Å². The van der Waals surface area contributed by atoms with Crippen LogP contribution in [0.3, 0.4) is 0 Å². The highest BCUT2D eigenvalue weighted by Crippen LogP contribution is 2.37. The van der Waals surface area contributed by atoms with Crippen molar-refractivity contribution in [2.45, 2.75) is 6.54 Å². The lowest BCUT2D eigenvalue weighted by molar-refractivity contribution is -0.130. The van der Waals surface area contributed by atoms with E-state index in [0.717, 1.165) is 16.9 Å². The molecule has 1 saturated heterocycles. The molecule has 1 aliphatic heterocycles. The Hall–Kier alpha value is -4.65. The topological polar surface area (TPSA) is 110 Å². The van der Waals surface area contributed by atoms with Crippen LogP contribution in [0.4, 0.5) is 5.82 Å². The molecule has 9 nitrogen and oxygen atoms in total. The number of likely N-dealkylation sites (N-methyl/N-ethyl adjacent to an activating group) is 1. The van der Waals surface area contributed by atoms with E-state index >= 15 is 0 Å². The number of ether oxygens (including phenoxy) is 1. The number of anilines is 1. The van der Waals surface area contributed by atoms with Gasteiger partial charge in [0.2, 0.25) is 5.91 Å². The number of nitrogens with two attached hydrogens (primary N) is 1. The summed E-state index contributed by atoms with van der Waals surface area (Å²) in [6.45, 7) is 2.07. The van der Waals surface area contributed by atoms with Crippen molar-refractivity contribution in [3.63, 3.8) is 0 Å². The quantitative estimate of drug-likeness (QED) is 0.262. The molecule has 9 heteroatoms. The van der Waals surface area contributed by atoms with Gasteiger partial charge in [-0.15, -0.1) is 0 Å². The number of likely N-dealkylation sites (tertiary alicyclic amines) is 1. The maximum Gasteiger partial charge on any atom is 0.246 e. The normalized spacial score (nSPS) is 13.4. The fourth-order valence-electron chi connectivity index (χ4n) is 4.63. The van der Waals surface area contributed by atoms with Crippen LogP contribution >= 0.6 is 0 Å². The second kappa shape index (κ2) is 12.0. The van der Waals surface area contributed by atoms with E-state index in [4.69, 9.17) is 10.5 Å². The van der Waals surface area contributed by atoms with Crippen molar-refractivity contribution < 1.29 is 14.6 Å². The molecule has 204 valence electrons. The Balaban J connectivity index is 1.45. The number of hydrogen-bond acceptors (Lipinski definition) is 7. The Bertz CT molecular complexity index is 1580. The third-order valence-corrected chi connectivity index (χ3v) is 6.63. The van der Waals surface area contributed by atoms with Crippen LogP contribution in [-0.4, -0.2) is 75.7 Å². The van der Waals surface area contributed by atoms with Gasteiger partial charge >= 0.3 is 0 Å². The average Bonchev–Trinajstić information content (AvgIpc) is 3.23. The van der Waals surface area contributed by atoms with E-state index in [0.29, 0.717) is 54.5 Å². The number of amides is 1. The molecule has 40 heavy (non-hydrogen) atoms. The zero-order valence-corrected chi connectivity index (χ0v) is 22.6. The number of para-hydroxylation sites is 1. The van der Waals surface area contributed by atoms with E-state index in [1.165, 1.54) is 6.33 Å². The summed E-state index contributed by atoms with van der Waals surface area (Å²) in [4.78, 5) is 24.9. The van der Waals surface area contributed by atoms with Gasteiger partial charge in [-0.25, -0.2) is 9.97 Å². The van der Waals surface area contributed by atoms with Gasteiger partial charge in [0.1, 0.15) is 35.0 Å². The summed E-state index contributed by atoms with van der Waals surface area (Å²) in [5.74, 6) is 8.51. The van der Waals surface area contributed by atoms with Crippen LogP contribution in [0, 0.1) is 17.8 Å². The highest BCUT2D eigenvalue weighted by molar-refractivity contribution is 6.03. The molecule has 1 amide bonds. The number of hydrogen-bond donors (Lipinski definition) is 2. The molecule has 0 unspecified atom stereocenters. The first-order valence-electron chi connectivity index (χ1n) is 13.1. The van der Waals surface area contributed by atoms with E-state index in [2.05, 4.69) is 21.8 Å². The molecular formula is C31H32N6O3. The van der Waals surface area contributed by atoms with Crippen molar-refractivity contribution in [2.24, 2.45) is 5.92 Å². The zero-order valence-electron chi connectivity index (χ0n) is 22.6. The van der Waals surface area contributed by atoms with Gasteiger partial charge in [0.05, 0.1) is 17.9 Å². The fourth-order valence-corrected chi connectivity index (χ4v) is 4.63. The molecule has 0 radical (unpaired) electrons. The van der Waals surface area contributed by atoms with Crippen molar-refractivity contribution >= 4 is 22.8 Å². The van der Waals surface area contributed by atoms with Crippen LogP contribution in [0.2, 0.25) is 0 Å². The Morgan fingerprint density at radius 3 is 2.55 bits per heavy atom. The van der Waals surface area contributed by atoms with Crippen LogP contribution in [0.1, 0.15) is 5.69 Å². The molecule has 1 aliphatic rings. The number of benzene rings is 2. The maximum absolute atomic E-state index is 12.4. The summed E-state index contributed by atoms with van der Waals surface area (Å²) >= 11 is 0. The number of carbonyl (C=O) groups excluding carboxylic acids is 1. The minimum absolute atomic E-state index is 0.00385. The second-order valence-corrected chi connectivity index (χ2v) is 9.87. The van der Waals surface area contributed by atoms with E-state index in [1.807, 2.05) is 84.2 Å². The van der Waals surface area contributed by atoms with Crippen molar-refractivity contribution in [1.82, 2.24) is 24.3 Å². The molecule has 5 rings (SSSR count). The smallest absolute Gasteiger partial charge is 0.246 e. The second-order valence-electron chi connectivity index (χ2n) is 9.87. The predicted octanol–water partition coefficient (Wildman–Crippen LogP) is 3.39. The minimum Gasteiger partial charge on any atom is -0.457 e. The standard InChI is InChI=1S/C31H32N6O3/c1-35(2)16-6-9-27(39)36-19-22(20-36)10-15-26-28(29-30(32)33-21-34-31(29)37(26)17-18-38)23-11-13-25(14-12-23)40-24-7-4-3-5-8-24/h3-9,11-14,21-22,38H,16-20H2,1-2H3,(H2,32,33,34)/b9-6+. The number of rotatable bonds is 8. The minimum atomic E-state index is -0.0867. The molecule has 0 aliphatic carbocycles. The number of carbonyl (C=O) groups is 1. The van der Waals surface area contributed by atoms with Crippen molar-refractivity contribution in [3.05, 3.63) is 78.8 Å². The Kier molecular flexibility index (Phi) is 8.10. The molecule has 0 atom stereocenters. The molecular weight excluding hydrogens is 504 g/mol. The Morgan fingerprint density at radius 2 is 1.85 bits per heavy atom. The van der Waals surface area contributed by atoms with E-state index < -0.39 is 0 Å². The van der Waals surface area contributed by atoms with Gasteiger partial charge in [-0.2, -0.15) is 0 Å². The highest BCUT2D eigenvalue weighted by Gasteiger charge is 2.28. The van der Waals surface area contributed by atoms with Crippen LogP contribution in [0.15, 0.2) is 73.1 Å². The van der Waals surface area contributed by atoms with Crippen LogP contribution in [0.5, 0.6) is 11.5 Å². The molecule has 3 N–H and O–H groups in total. The van der Waals surface area contributed by atoms with Gasteiger partial charge in [-0.3, -0.25) is 4.79 Å². The number of nitrogens with zero attached hydrogens (tertiary/aromatic N) is 5. The van der Waals surface area contributed by atoms with Crippen molar-refractivity contribution in [3.8, 4) is 34.5 Å². The van der Waals surface area contributed by atoms with E-state index in [1.54, 1.807) is 11.0 Å². The fraction of sp³-hybridized carbons (Fsp3) is 0.258. The molecule has 0 saturated carbocycles. The largest absolute Gasteiger partial charge is 0.457 e. The summed E-state index contributed by atoms with van der Waals surface area (Å²) < 4.78 is 7.85. The van der Waals surface area contributed by atoms with Crippen molar-refractivity contribution in [1.29, 1.82) is 0 Å². The van der Waals surface area contributed by atoms with Crippen LogP contribution in [0.25, 0.3) is 22.2 Å². The molecule has 0 spiro atoms. The predicted molar refractivity (Wildman–Crippen MR) is 156 cm³/mol. The number of aliphatic hydroxyl groups excluding tert-OH is 1. The molecule has 2 aromatic carbocycles. The number of fused-ring (bicyclic) bond motifs is 1. The number of aliphatic hydroxyl groups is 1. The lowest BCUT2D eigenvalue weighted by Crippen LogP contribution is -2.48. The highest BCUT2D eigenvalue weighted by atomic mass is 16.5. The first kappa shape index (κ1) is 26.9. The third-order valence-electron chi connectivity index (χ3n) is 6.63. The van der Waals surface area contributed by atoms with Gasteiger partial charge in [0.15, 0.2) is 0 Å². The first-order chi connectivity index (χ1) is 19.4. The monoisotopic (exact) mass is 536 g/mol. The van der Waals surface area contributed by atoms with Gasteiger partial charge in [0.25, 0.3) is 0 Å². The first-order valence-corrected chi connectivity index (χ1v) is 13.1. The lowest BCUT2D eigenvalue weighted by atomic mass is 9.99. The lowest BCUT2D eigenvalue weighted by Gasteiger charge is -2.35. The molecule has 3 heterocycles. The van der Waals surface area contributed by atoms with Gasteiger partial charge in [0, 0.05) is 37.8 Å². The Morgan fingerprint density at radius 1 is 1.12 bits per heavy atom. The van der Waals surface area contributed by atoms with Gasteiger partial charge in [-0.05, 0) is 49.8 Å². The molecule has 2 aromatic heterocycles. The summed E-state index contributed by atoms with van der Waals surface area (Å²) in [6, 6.07) is 17.3. The molecule has 4 aromatic rings. The summed E-state index contributed by atoms with van der Waals surface area (Å²) in [6.07, 6.45) is 4.90.